The fraction of sp³-hybridized carbons (Fsp3) is 0.818. The van der Waals surface area contributed by atoms with Crippen LogP contribution in [0.5, 0.6) is 0 Å². The average Bonchev–Trinajstić information content (AvgIpc) is 2.71. The zero-order chi connectivity index (χ0) is 11.5. The Labute approximate surface area is 96.1 Å². The van der Waals surface area contributed by atoms with Gasteiger partial charge in [-0.1, -0.05) is 6.92 Å². The molecular formula is C11H20N4O. The number of aliphatic hydroxyl groups excluding tert-OH is 1. The van der Waals surface area contributed by atoms with E-state index in [0.29, 0.717) is 12.5 Å². The van der Waals surface area contributed by atoms with E-state index in [0.717, 1.165) is 44.1 Å². The second-order valence-corrected chi connectivity index (χ2v) is 4.42. The third-order valence-corrected chi connectivity index (χ3v) is 3.26. The van der Waals surface area contributed by atoms with E-state index < -0.39 is 0 Å². The van der Waals surface area contributed by atoms with Gasteiger partial charge in [0.15, 0.2) is 5.82 Å². The predicted molar refractivity (Wildman–Crippen MR) is 62.4 cm³/mol. The summed E-state index contributed by atoms with van der Waals surface area (Å²) in [7, 11) is 1.94. The fourth-order valence-electron chi connectivity index (χ4n) is 2.17. The molecule has 0 bridgehead atoms. The number of aromatic nitrogens is 3. The highest BCUT2D eigenvalue weighted by atomic mass is 16.3. The maximum atomic E-state index is 9.09. The van der Waals surface area contributed by atoms with Gasteiger partial charge in [-0.15, -0.1) is 0 Å². The van der Waals surface area contributed by atoms with E-state index in [1.54, 1.807) is 0 Å². The summed E-state index contributed by atoms with van der Waals surface area (Å²) in [4.78, 5) is 6.78. The van der Waals surface area contributed by atoms with Crippen molar-refractivity contribution in [2.45, 2.75) is 26.2 Å². The molecule has 16 heavy (non-hydrogen) atoms. The third-order valence-electron chi connectivity index (χ3n) is 3.26. The highest BCUT2D eigenvalue weighted by Gasteiger charge is 2.21. The van der Waals surface area contributed by atoms with Gasteiger partial charge >= 0.3 is 0 Å². The number of aliphatic hydroxyl groups is 1. The van der Waals surface area contributed by atoms with Crippen molar-refractivity contribution in [3.63, 3.8) is 0 Å². The number of piperidine rings is 1. The topological polar surface area (TPSA) is 54.2 Å². The van der Waals surface area contributed by atoms with Crippen LogP contribution in [0.1, 0.15) is 25.6 Å². The minimum Gasteiger partial charge on any atom is -0.396 e. The maximum Gasteiger partial charge on any atom is 0.223 e. The number of anilines is 1. The minimum absolute atomic E-state index is 0.312. The molecule has 0 unspecified atom stereocenters. The monoisotopic (exact) mass is 224 g/mol. The standard InChI is InChI=1S/C11H20N4O/c1-3-10-12-11(14(2)13-10)15-6-4-9(8-16)5-7-15/h9,16H,3-8H2,1-2H3. The number of rotatable bonds is 3. The van der Waals surface area contributed by atoms with Gasteiger partial charge in [-0.25, -0.2) is 4.68 Å². The summed E-state index contributed by atoms with van der Waals surface area (Å²) in [6, 6.07) is 0. The first kappa shape index (κ1) is 11.4. The Morgan fingerprint density at radius 3 is 2.56 bits per heavy atom. The van der Waals surface area contributed by atoms with E-state index in [1.165, 1.54) is 0 Å². The van der Waals surface area contributed by atoms with Crippen molar-refractivity contribution in [2.75, 3.05) is 24.6 Å². The van der Waals surface area contributed by atoms with Crippen LogP contribution in [0.15, 0.2) is 0 Å². The summed E-state index contributed by atoms with van der Waals surface area (Å²) < 4.78 is 1.86. The van der Waals surface area contributed by atoms with Gasteiger partial charge in [-0.3, -0.25) is 0 Å². The molecule has 0 atom stereocenters. The Morgan fingerprint density at radius 2 is 2.06 bits per heavy atom. The quantitative estimate of drug-likeness (QED) is 0.816. The lowest BCUT2D eigenvalue weighted by Gasteiger charge is -2.31. The van der Waals surface area contributed by atoms with Crippen LogP contribution in [0.25, 0.3) is 0 Å². The largest absolute Gasteiger partial charge is 0.396 e. The molecule has 1 fully saturated rings. The molecule has 1 aliphatic rings. The second kappa shape index (κ2) is 4.82. The van der Waals surface area contributed by atoms with E-state index >= 15 is 0 Å². The number of hydrogen-bond donors (Lipinski definition) is 1. The van der Waals surface area contributed by atoms with Gasteiger partial charge in [-0.05, 0) is 18.8 Å². The molecule has 2 rings (SSSR count). The Morgan fingerprint density at radius 1 is 1.38 bits per heavy atom. The molecule has 1 aromatic heterocycles. The van der Waals surface area contributed by atoms with Crippen LogP contribution in [0.3, 0.4) is 0 Å². The van der Waals surface area contributed by atoms with E-state index in [1.807, 2.05) is 11.7 Å². The molecule has 0 aliphatic carbocycles. The molecule has 0 spiro atoms. The molecule has 1 aliphatic heterocycles. The molecule has 5 nitrogen and oxygen atoms in total. The average molecular weight is 224 g/mol. The summed E-state index contributed by atoms with van der Waals surface area (Å²) in [6.07, 6.45) is 2.97. The lowest BCUT2D eigenvalue weighted by molar-refractivity contribution is 0.202. The molecule has 1 aromatic rings. The minimum atomic E-state index is 0.312. The fourth-order valence-corrected chi connectivity index (χ4v) is 2.17. The Kier molecular flexibility index (Phi) is 3.43. The summed E-state index contributed by atoms with van der Waals surface area (Å²) in [5.41, 5.74) is 0. The molecule has 1 saturated heterocycles. The van der Waals surface area contributed by atoms with Gasteiger partial charge in [-0.2, -0.15) is 10.1 Å². The summed E-state index contributed by atoms with van der Waals surface area (Å²) in [5.74, 6) is 2.34. The smallest absolute Gasteiger partial charge is 0.223 e. The van der Waals surface area contributed by atoms with Gasteiger partial charge in [0.2, 0.25) is 5.95 Å². The van der Waals surface area contributed by atoms with Crippen molar-refractivity contribution in [2.24, 2.45) is 13.0 Å². The number of nitrogens with zero attached hydrogens (tertiary/aromatic N) is 4. The van der Waals surface area contributed by atoms with Gasteiger partial charge in [0, 0.05) is 33.2 Å². The van der Waals surface area contributed by atoms with Gasteiger partial charge in [0.25, 0.3) is 0 Å². The highest BCUT2D eigenvalue weighted by Crippen LogP contribution is 2.21. The Balaban J connectivity index is 2.04. The molecule has 0 amide bonds. The van der Waals surface area contributed by atoms with Crippen molar-refractivity contribution >= 4 is 5.95 Å². The van der Waals surface area contributed by atoms with Crippen LogP contribution in [-0.2, 0) is 13.5 Å². The van der Waals surface area contributed by atoms with Crippen LogP contribution < -0.4 is 4.90 Å². The van der Waals surface area contributed by atoms with Crippen LogP contribution >= 0.6 is 0 Å². The van der Waals surface area contributed by atoms with Crippen LogP contribution in [0.4, 0.5) is 5.95 Å². The lowest BCUT2D eigenvalue weighted by atomic mass is 9.98. The molecule has 90 valence electrons. The highest BCUT2D eigenvalue weighted by molar-refractivity contribution is 5.30. The summed E-state index contributed by atoms with van der Waals surface area (Å²) in [5, 5.41) is 13.5. The van der Waals surface area contributed by atoms with Crippen LogP contribution in [0.2, 0.25) is 0 Å². The Bertz CT molecular complexity index is 342. The van der Waals surface area contributed by atoms with Crippen molar-refractivity contribution in [1.29, 1.82) is 0 Å². The zero-order valence-electron chi connectivity index (χ0n) is 10.1. The summed E-state index contributed by atoms with van der Waals surface area (Å²) in [6.45, 7) is 4.33. The first-order chi connectivity index (χ1) is 7.74. The SMILES string of the molecule is CCc1nc(N2CCC(CO)CC2)n(C)n1. The first-order valence-electron chi connectivity index (χ1n) is 6.00. The molecule has 0 aromatic carbocycles. The number of hydrogen-bond acceptors (Lipinski definition) is 4. The predicted octanol–water partition coefficient (Wildman–Crippen LogP) is 0.586. The zero-order valence-corrected chi connectivity index (χ0v) is 10.1. The molecule has 1 N–H and O–H groups in total. The van der Waals surface area contributed by atoms with E-state index in [2.05, 4.69) is 21.9 Å². The normalized spacial score (nSPS) is 18.1. The van der Waals surface area contributed by atoms with Crippen LogP contribution in [0, 0.1) is 5.92 Å². The third kappa shape index (κ3) is 2.19. The van der Waals surface area contributed by atoms with Gasteiger partial charge in [0.1, 0.15) is 0 Å². The molecule has 0 saturated carbocycles. The van der Waals surface area contributed by atoms with Crippen molar-refractivity contribution in [1.82, 2.24) is 14.8 Å². The van der Waals surface area contributed by atoms with Crippen molar-refractivity contribution < 1.29 is 5.11 Å². The Hall–Kier alpha value is -1.10. The van der Waals surface area contributed by atoms with Crippen molar-refractivity contribution in [3.8, 4) is 0 Å². The van der Waals surface area contributed by atoms with Crippen molar-refractivity contribution in [3.05, 3.63) is 5.82 Å². The van der Waals surface area contributed by atoms with E-state index in [-0.39, 0.29) is 0 Å². The lowest BCUT2D eigenvalue weighted by Crippen LogP contribution is -2.36. The summed E-state index contributed by atoms with van der Waals surface area (Å²) >= 11 is 0. The molecule has 5 heteroatoms. The number of aryl methyl sites for hydroxylation is 2. The van der Waals surface area contributed by atoms with Gasteiger partial charge < -0.3 is 10.0 Å². The molecule has 2 heterocycles. The van der Waals surface area contributed by atoms with Crippen LogP contribution in [-0.4, -0.2) is 39.6 Å². The van der Waals surface area contributed by atoms with Gasteiger partial charge in [0.05, 0.1) is 0 Å². The maximum absolute atomic E-state index is 9.09. The molecular weight excluding hydrogens is 204 g/mol. The molecule has 0 radical (unpaired) electrons. The second-order valence-electron chi connectivity index (χ2n) is 4.42. The first-order valence-corrected chi connectivity index (χ1v) is 6.00. The van der Waals surface area contributed by atoms with E-state index in [4.69, 9.17) is 5.11 Å². The van der Waals surface area contributed by atoms with E-state index in [9.17, 15) is 0 Å².